The first-order chi connectivity index (χ1) is 8.72. The Labute approximate surface area is 109 Å². The van der Waals surface area contributed by atoms with Crippen molar-refractivity contribution in [3.05, 3.63) is 35.4 Å². The Balaban J connectivity index is 2.04. The third-order valence-corrected chi connectivity index (χ3v) is 3.73. The van der Waals surface area contributed by atoms with E-state index < -0.39 is 0 Å². The zero-order valence-electron chi connectivity index (χ0n) is 11.3. The summed E-state index contributed by atoms with van der Waals surface area (Å²) >= 11 is 0. The molecule has 0 aliphatic carbocycles. The maximum atomic E-state index is 12.4. The molecule has 98 valence electrons. The minimum absolute atomic E-state index is 0.0143. The van der Waals surface area contributed by atoms with E-state index in [-0.39, 0.29) is 11.8 Å². The summed E-state index contributed by atoms with van der Waals surface area (Å²) in [4.78, 5) is 14.6. The van der Waals surface area contributed by atoms with E-state index in [0.717, 1.165) is 38.2 Å². The van der Waals surface area contributed by atoms with Crippen molar-refractivity contribution in [2.45, 2.75) is 26.3 Å². The summed E-state index contributed by atoms with van der Waals surface area (Å²) < 4.78 is 0. The Hall–Kier alpha value is -1.19. The van der Waals surface area contributed by atoms with Crippen LogP contribution in [0, 0.1) is 0 Å². The normalized spacial score (nSPS) is 18.6. The highest BCUT2D eigenvalue weighted by Gasteiger charge is 2.23. The molecule has 0 aromatic heterocycles. The van der Waals surface area contributed by atoms with Gasteiger partial charge in [-0.2, -0.15) is 0 Å². The Morgan fingerprint density at radius 1 is 1.28 bits per heavy atom. The van der Waals surface area contributed by atoms with Crippen LogP contribution in [0.5, 0.6) is 0 Å². The number of ketones is 1. The predicted octanol–water partition coefficient (Wildman–Crippen LogP) is 1.73. The second-order valence-corrected chi connectivity index (χ2v) is 4.88. The molecule has 0 bridgehead atoms. The average molecular weight is 246 g/mol. The number of carbonyl (C=O) groups excluding carboxylic acids is 1. The fourth-order valence-electron chi connectivity index (χ4n) is 2.38. The molecule has 1 aliphatic rings. The van der Waals surface area contributed by atoms with Crippen LogP contribution in [0.4, 0.5) is 0 Å². The van der Waals surface area contributed by atoms with E-state index in [1.54, 1.807) is 0 Å². The third kappa shape index (κ3) is 2.98. The molecule has 1 aromatic rings. The molecule has 1 aromatic carbocycles. The largest absolute Gasteiger partial charge is 0.314 e. The van der Waals surface area contributed by atoms with Crippen LogP contribution < -0.4 is 5.32 Å². The summed E-state index contributed by atoms with van der Waals surface area (Å²) in [7, 11) is 0. The first kappa shape index (κ1) is 13.2. The van der Waals surface area contributed by atoms with E-state index in [1.165, 1.54) is 5.56 Å². The number of Topliss-reactive ketones (excluding diaryl/α,β-unsaturated/α-hetero) is 1. The Bertz CT molecular complexity index is 393. The quantitative estimate of drug-likeness (QED) is 0.821. The number of rotatable bonds is 4. The molecule has 18 heavy (non-hydrogen) atoms. The maximum absolute atomic E-state index is 12.4. The minimum Gasteiger partial charge on any atom is -0.314 e. The van der Waals surface area contributed by atoms with Gasteiger partial charge in [-0.1, -0.05) is 31.2 Å². The van der Waals surface area contributed by atoms with Gasteiger partial charge in [0, 0.05) is 31.7 Å². The van der Waals surface area contributed by atoms with Crippen molar-refractivity contribution in [2.75, 3.05) is 26.2 Å². The van der Waals surface area contributed by atoms with Crippen LogP contribution in [0.3, 0.4) is 0 Å². The highest BCUT2D eigenvalue weighted by Crippen LogP contribution is 2.11. The van der Waals surface area contributed by atoms with Gasteiger partial charge in [-0.05, 0) is 18.9 Å². The molecule has 1 aliphatic heterocycles. The average Bonchev–Trinajstić information content (AvgIpc) is 2.47. The lowest BCUT2D eigenvalue weighted by Gasteiger charge is -2.31. The van der Waals surface area contributed by atoms with Gasteiger partial charge in [-0.3, -0.25) is 9.69 Å². The van der Waals surface area contributed by atoms with E-state index in [4.69, 9.17) is 0 Å². The lowest BCUT2D eigenvalue weighted by Crippen LogP contribution is -2.50. The van der Waals surface area contributed by atoms with Gasteiger partial charge in [0.2, 0.25) is 0 Å². The zero-order chi connectivity index (χ0) is 13.0. The standard InChI is InChI=1S/C15H22N2O/c1-3-13-4-6-14(7-5-13)15(18)12(2)17-10-8-16-9-11-17/h4-7,12,16H,3,8-11H2,1-2H3. The van der Waals surface area contributed by atoms with Crippen molar-refractivity contribution in [1.82, 2.24) is 10.2 Å². The highest BCUT2D eigenvalue weighted by atomic mass is 16.1. The molecule has 3 heteroatoms. The van der Waals surface area contributed by atoms with Crippen molar-refractivity contribution < 1.29 is 4.79 Å². The molecule has 1 heterocycles. The molecule has 1 atom stereocenters. The number of carbonyl (C=O) groups is 1. The second-order valence-electron chi connectivity index (χ2n) is 4.88. The second kappa shape index (κ2) is 6.12. The number of nitrogens with zero attached hydrogens (tertiary/aromatic N) is 1. The van der Waals surface area contributed by atoms with E-state index in [1.807, 2.05) is 19.1 Å². The lowest BCUT2D eigenvalue weighted by molar-refractivity contribution is 0.0820. The van der Waals surface area contributed by atoms with Crippen molar-refractivity contribution in [1.29, 1.82) is 0 Å². The number of hydrogen-bond donors (Lipinski definition) is 1. The number of piperazine rings is 1. The predicted molar refractivity (Wildman–Crippen MR) is 74.1 cm³/mol. The fraction of sp³-hybridized carbons (Fsp3) is 0.533. The van der Waals surface area contributed by atoms with Gasteiger partial charge in [0.05, 0.1) is 6.04 Å². The van der Waals surface area contributed by atoms with E-state index in [9.17, 15) is 4.79 Å². The lowest BCUT2D eigenvalue weighted by atomic mass is 10.0. The van der Waals surface area contributed by atoms with E-state index in [0.29, 0.717) is 0 Å². The molecule has 1 fully saturated rings. The minimum atomic E-state index is -0.0143. The first-order valence-corrected chi connectivity index (χ1v) is 6.80. The summed E-state index contributed by atoms with van der Waals surface area (Å²) in [5, 5.41) is 3.31. The summed E-state index contributed by atoms with van der Waals surface area (Å²) in [6.07, 6.45) is 1.02. The van der Waals surface area contributed by atoms with Gasteiger partial charge in [0.15, 0.2) is 5.78 Å². The van der Waals surface area contributed by atoms with Crippen LogP contribution in [0.2, 0.25) is 0 Å². The summed E-state index contributed by atoms with van der Waals surface area (Å²) in [5.74, 6) is 0.236. The van der Waals surface area contributed by atoms with Crippen LogP contribution >= 0.6 is 0 Å². The number of aryl methyl sites for hydroxylation is 1. The van der Waals surface area contributed by atoms with Gasteiger partial charge in [-0.15, -0.1) is 0 Å². The molecular weight excluding hydrogens is 224 g/mol. The van der Waals surface area contributed by atoms with E-state index >= 15 is 0 Å². The highest BCUT2D eigenvalue weighted by molar-refractivity contribution is 5.99. The molecule has 0 radical (unpaired) electrons. The SMILES string of the molecule is CCc1ccc(C(=O)C(C)N2CCNCC2)cc1. The summed E-state index contributed by atoms with van der Waals surface area (Å²) in [6.45, 7) is 8.01. The van der Waals surface area contributed by atoms with Crippen LogP contribution in [-0.4, -0.2) is 42.9 Å². The molecule has 2 rings (SSSR count). The molecule has 0 amide bonds. The number of hydrogen-bond acceptors (Lipinski definition) is 3. The van der Waals surface area contributed by atoms with Crippen LogP contribution in [0.15, 0.2) is 24.3 Å². The number of benzene rings is 1. The van der Waals surface area contributed by atoms with Crippen LogP contribution in [0.25, 0.3) is 0 Å². The van der Waals surface area contributed by atoms with E-state index in [2.05, 4.69) is 29.3 Å². The molecule has 3 nitrogen and oxygen atoms in total. The fourth-order valence-corrected chi connectivity index (χ4v) is 2.38. The maximum Gasteiger partial charge on any atom is 0.179 e. The molecule has 1 unspecified atom stereocenters. The topological polar surface area (TPSA) is 32.3 Å². The molecule has 1 saturated heterocycles. The van der Waals surface area contributed by atoms with Crippen molar-refractivity contribution in [3.63, 3.8) is 0 Å². The molecule has 0 spiro atoms. The van der Waals surface area contributed by atoms with Crippen LogP contribution in [0.1, 0.15) is 29.8 Å². The van der Waals surface area contributed by atoms with Crippen LogP contribution in [-0.2, 0) is 6.42 Å². The van der Waals surface area contributed by atoms with Gasteiger partial charge in [0.1, 0.15) is 0 Å². The Morgan fingerprint density at radius 3 is 2.44 bits per heavy atom. The zero-order valence-corrected chi connectivity index (χ0v) is 11.3. The smallest absolute Gasteiger partial charge is 0.179 e. The van der Waals surface area contributed by atoms with Crippen molar-refractivity contribution in [3.8, 4) is 0 Å². The summed E-state index contributed by atoms with van der Waals surface area (Å²) in [5.41, 5.74) is 2.11. The Kier molecular flexibility index (Phi) is 4.50. The van der Waals surface area contributed by atoms with Crippen molar-refractivity contribution in [2.24, 2.45) is 0 Å². The van der Waals surface area contributed by atoms with Gasteiger partial charge in [0.25, 0.3) is 0 Å². The van der Waals surface area contributed by atoms with Gasteiger partial charge < -0.3 is 5.32 Å². The molecule has 1 N–H and O–H groups in total. The third-order valence-electron chi connectivity index (χ3n) is 3.73. The monoisotopic (exact) mass is 246 g/mol. The van der Waals surface area contributed by atoms with Crippen molar-refractivity contribution >= 4 is 5.78 Å². The Morgan fingerprint density at radius 2 is 1.89 bits per heavy atom. The molecular formula is C15H22N2O. The molecule has 0 saturated carbocycles. The number of nitrogens with one attached hydrogen (secondary N) is 1. The summed E-state index contributed by atoms with van der Waals surface area (Å²) in [6, 6.07) is 8.01. The van der Waals surface area contributed by atoms with Gasteiger partial charge >= 0.3 is 0 Å². The first-order valence-electron chi connectivity index (χ1n) is 6.80. The van der Waals surface area contributed by atoms with Gasteiger partial charge in [-0.25, -0.2) is 0 Å².